The number of carbonyl (C=O) groups is 2. The van der Waals surface area contributed by atoms with E-state index in [9.17, 15) is 9.59 Å². The lowest BCUT2D eigenvalue weighted by Gasteiger charge is -2.23. The number of furan rings is 1. The van der Waals surface area contributed by atoms with E-state index in [0.717, 1.165) is 24.3 Å². The monoisotopic (exact) mass is 398 g/mol. The molecule has 1 unspecified atom stereocenters. The second kappa shape index (κ2) is 7.91. The first-order valence-electron chi connectivity index (χ1n) is 9.88. The van der Waals surface area contributed by atoms with Crippen LogP contribution in [0.25, 0.3) is 11.3 Å². The molecule has 7 heteroatoms. The van der Waals surface area contributed by atoms with Crippen molar-refractivity contribution in [2.24, 2.45) is 5.41 Å². The molecule has 0 N–H and O–H groups in total. The average Bonchev–Trinajstić information content (AvgIpc) is 3.48. The molecule has 29 heavy (non-hydrogen) atoms. The summed E-state index contributed by atoms with van der Waals surface area (Å²) in [5.41, 5.74) is 0.428. The lowest BCUT2D eigenvalue weighted by Crippen LogP contribution is -2.39. The first kappa shape index (κ1) is 19.5. The van der Waals surface area contributed by atoms with Crippen LogP contribution in [0.4, 0.5) is 0 Å². The van der Waals surface area contributed by atoms with Crippen LogP contribution in [0, 0.1) is 5.41 Å². The molecule has 1 aromatic carbocycles. The van der Waals surface area contributed by atoms with Gasteiger partial charge in [0.1, 0.15) is 11.5 Å². The molecule has 2 aliphatic rings. The van der Waals surface area contributed by atoms with Gasteiger partial charge in [0.2, 0.25) is 5.91 Å². The van der Waals surface area contributed by atoms with Crippen molar-refractivity contribution >= 4 is 11.8 Å². The SMILES string of the molecule is COCCN1CCC2(CCN(C(=O)c3ccc(-c4ccc(OC)cc4)o3)C2)C1=O. The van der Waals surface area contributed by atoms with Crippen molar-refractivity contribution in [3.05, 3.63) is 42.2 Å². The maximum Gasteiger partial charge on any atom is 0.289 e. The van der Waals surface area contributed by atoms with Gasteiger partial charge in [-0.05, 0) is 49.2 Å². The lowest BCUT2D eigenvalue weighted by molar-refractivity contribution is -0.135. The lowest BCUT2D eigenvalue weighted by atomic mass is 9.85. The van der Waals surface area contributed by atoms with E-state index in [2.05, 4.69) is 0 Å². The van der Waals surface area contributed by atoms with E-state index in [1.54, 1.807) is 31.3 Å². The predicted molar refractivity (Wildman–Crippen MR) is 107 cm³/mol. The zero-order chi connectivity index (χ0) is 20.4. The normalized spacial score (nSPS) is 21.4. The summed E-state index contributed by atoms with van der Waals surface area (Å²) in [7, 11) is 3.25. The number of amides is 2. The van der Waals surface area contributed by atoms with Gasteiger partial charge in [0.05, 0.1) is 19.1 Å². The highest BCUT2D eigenvalue weighted by atomic mass is 16.5. The number of nitrogens with zero attached hydrogens (tertiary/aromatic N) is 2. The van der Waals surface area contributed by atoms with E-state index in [0.29, 0.717) is 44.2 Å². The first-order chi connectivity index (χ1) is 14.1. The second-order valence-electron chi connectivity index (χ2n) is 7.68. The van der Waals surface area contributed by atoms with Gasteiger partial charge in [-0.25, -0.2) is 0 Å². The van der Waals surface area contributed by atoms with Gasteiger partial charge in [0, 0.05) is 38.9 Å². The minimum absolute atomic E-state index is 0.142. The van der Waals surface area contributed by atoms with Crippen molar-refractivity contribution in [1.29, 1.82) is 0 Å². The zero-order valence-electron chi connectivity index (χ0n) is 16.8. The summed E-state index contributed by atoms with van der Waals surface area (Å²) in [5.74, 6) is 1.68. The van der Waals surface area contributed by atoms with Crippen LogP contribution in [0.5, 0.6) is 5.75 Å². The Morgan fingerprint density at radius 1 is 1.10 bits per heavy atom. The fraction of sp³-hybridized carbons (Fsp3) is 0.455. The quantitative estimate of drug-likeness (QED) is 0.748. The third kappa shape index (κ3) is 3.62. The van der Waals surface area contributed by atoms with Crippen molar-refractivity contribution < 1.29 is 23.5 Å². The third-order valence-electron chi connectivity index (χ3n) is 6.00. The van der Waals surface area contributed by atoms with Gasteiger partial charge in [0.15, 0.2) is 5.76 Å². The molecule has 0 saturated carbocycles. The molecular formula is C22H26N2O5. The molecule has 0 aliphatic carbocycles. The van der Waals surface area contributed by atoms with E-state index in [1.807, 2.05) is 29.2 Å². The number of methoxy groups -OCH3 is 2. The van der Waals surface area contributed by atoms with E-state index in [1.165, 1.54) is 0 Å². The minimum atomic E-state index is -0.450. The number of hydrogen-bond donors (Lipinski definition) is 0. The standard InChI is InChI=1S/C22H26N2O5/c1-27-14-13-23-11-9-22(21(23)26)10-12-24(15-22)20(25)19-8-7-18(29-19)16-3-5-17(28-2)6-4-16/h3-8H,9-15H2,1-2H3. The van der Waals surface area contributed by atoms with Gasteiger partial charge in [-0.3, -0.25) is 9.59 Å². The fourth-order valence-corrected chi connectivity index (χ4v) is 4.25. The van der Waals surface area contributed by atoms with Gasteiger partial charge in [-0.1, -0.05) is 0 Å². The highest BCUT2D eigenvalue weighted by Crippen LogP contribution is 2.41. The van der Waals surface area contributed by atoms with Crippen LogP contribution < -0.4 is 4.74 Å². The molecule has 2 aliphatic heterocycles. The highest BCUT2D eigenvalue weighted by Gasteiger charge is 2.51. The van der Waals surface area contributed by atoms with Crippen LogP contribution in [0.3, 0.4) is 0 Å². The number of hydrogen-bond acceptors (Lipinski definition) is 5. The predicted octanol–water partition coefficient (Wildman–Crippen LogP) is 2.67. The van der Waals surface area contributed by atoms with Crippen molar-refractivity contribution in [2.45, 2.75) is 12.8 Å². The summed E-state index contributed by atoms with van der Waals surface area (Å²) in [5, 5.41) is 0. The molecule has 3 heterocycles. The molecule has 154 valence electrons. The van der Waals surface area contributed by atoms with Gasteiger partial charge < -0.3 is 23.7 Å². The molecule has 2 fully saturated rings. The van der Waals surface area contributed by atoms with Crippen LogP contribution in [0.2, 0.25) is 0 Å². The Bertz CT molecular complexity index is 891. The molecular weight excluding hydrogens is 372 g/mol. The topological polar surface area (TPSA) is 72.2 Å². The Hall–Kier alpha value is -2.80. The van der Waals surface area contributed by atoms with Crippen molar-refractivity contribution in [1.82, 2.24) is 9.80 Å². The van der Waals surface area contributed by atoms with Crippen LogP contribution >= 0.6 is 0 Å². The molecule has 2 saturated heterocycles. The largest absolute Gasteiger partial charge is 0.497 e. The number of carbonyl (C=O) groups excluding carboxylic acids is 2. The number of benzene rings is 1. The summed E-state index contributed by atoms with van der Waals surface area (Å²) >= 11 is 0. The summed E-state index contributed by atoms with van der Waals surface area (Å²) in [6.07, 6.45) is 1.49. The molecule has 1 atom stereocenters. The zero-order valence-corrected chi connectivity index (χ0v) is 16.8. The molecule has 2 amide bonds. The molecule has 1 spiro atoms. The maximum absolute atomic E-state index is 13.0. The number of rotatable bonds is 6. The van der Waals surface area contributed by atoms with E-state index < -0.39 is 5.41 Å². The number of likely N-dealkylation sites (tertiary alicyclic amines) is 2. The Morgan fingerprint density at radius 2 is 1.86 bits per heavy atom. The van der Waals surface area contributed by atoms with Gasteiger partial charge in [0.25, 0.3) is 5.91 Å². The molecule has 0 radical (unpaired) electrons. The fourth-order valence-electron chi connectivity index (χ4n) is 4.25. The van der Waals surface area contributed by atoms with Crippen molar-refractivity contribution in [3.63, 3.8) is 0 Å². The van der Waals surface area contributed by atoms with Gasteiger partial charge in [-0.2, -0.15) is 0 Å². The molecule has 0 bridgehead atoms. The number of ether oxygens (including phenoxy) is 2. The Balaban J connectivity index is 1.43. The van der Waals surface area contributed by atoms with Gasteiger partial charge in [-0.15, -0.1) is 0 Å². The summed E-state index contributed by atoms with van der Waals surface area (Å²) < 4.78 is 16.1. The first-order valence-corrected chi connectivity index (χ1v) is 9.88. The summed E-state index contributed by atoms with van der Waals surface area (Å²) in [4.78, 5) is 29.4. The summed E-state index contributed by atoms with van der Waals surface area (Å²) in [6.45, 7) is 2.89. The van der Waals surface area contributed by atoms with Crippen LogP contribution in [-0.2, 0) is 9.53 Å². The average molecular weight is 398 g/mol. The Kier molecular flexibility index (Phi) is 5.32. The highest BCUT2D eigenvalue weighted by molar-refractivity contribution is 5.94. The van der Waals surface area contributed by atoms with Crippen molar-refractivity contribution in [2.75, 3.05) is 47.0 Å². The maximum atomic E-state index is 13.0. The van der Waals surface area contributed by atoms with E-state index in [4.69, 9.17) is 13.9 Å². The van der Waals surface area contributed by atoms with Gasteiger partial charge >= 0.3 is 0 Å². The minimum Gasteiger partial charge on any atom is -0.497 e. The molecule has 4 rings (SSSR count). The van der Waals surface area contributed by atoms with E-state index >= 15 is 0 Å². The van der Waals surface area contributed by atoms with Crippen LogP contribution in [-0.4, -0.2) is 68.6 Å². The Labute approximate surface area is 170 Å². The third-order valence-corrected chi connectivity index (χ3v) is 6.00. The summed E-state index contributed by atoms with van der Waals surface area (Å²) in [6, 6.07) is 11.0. The van der Waals surface area contributed by atoms with Crippen LogP contribution in [0.1, 0.15) is 23.4 Å². The molecule has 7 nitrogen and oxygen atoms in total. The van der Waals surface area contributed by atoms with Crippen LogP contribution in [0.15, 0.2) is 40.8 Å². The van der Waals surface area contributed by atoms with E-state index in [-0.39, 0.29) is 11.8 Å². The van der Waals surface area contributed by atoms with Crippen molar-refractivity contribution in [3.8, 4) is 17.1 Å². The Morgan fingerprint density at radius 3 is 2.59 bits per heavy atom. The molecule has 1 aromatic heterocycles. The molecule has 2 aromatic rings. The second-order valence-corrected chi connectivity index (χ2v) is 7.68. The smallest absolute Gasteiger partial charge is 0.289 e.